The molecule has 2 aliphatic heterocycles. The fourth-order valence-corrected chi connectivity index (χ4v) is 8.40. The molecule has 69 heavy (non-hydrogen) atoms. The minimum atomic E-state index is -0.643. The molecule has 2 heterocycles. The van der Waals surface area contributed by atoms with Gasteiger partial charge in [-0.1, -0.05) is 24.3 Å². The summed E-state index contributed by atoms with van der Waals surface area (Å²) in [5.74, 6) is 1.66. The molecule has 0 saturated carbocycles. The SMILES string of the molecule is COc1ccc([C@@H](CCCN)N2C(=O)c3cccc(OCCCN(C)C)c3C2=O)cc1OC.COc1ccc([C@@H](CCCNB(C)O)N2C(=O)c3cccc(OCCCN(C)C)c3C2=O)cc1OC. The molecule has 2 atom stereocenters. The van der Waals surface area contributed by atoms with E-state index in [2.05, 4.69) is 15.0 Å². The van der Waals surface area contributed by atoms with Crippen molar-refractivity contribution in [2.45, 2.75) is 57.4 Å². The number of nitrogens with one attached hydrogen (secondary N) is 1. The lowest BCUT2D eigenvalue weighted by Crippen LogP contribution is -2.35. The Bertz CT molecular complexity index is 2380. The first kappa shape index (κ1) is 53.8. The maximum atomic E-state index is 13.7. The van der Waals surface area contributed by atoms with Gasteiger partial charge in [-0.2, -0.15) is 0 Å². The summed E-state index contributed by atoms with van der Waals surface area (Å²) in [4.78, 5) is 61.0. The second kappa shape index (κ2) is 26.0. The Balaban J connectivity index is 0.000000258. The molecule has 18 heteroatoms. The van der Waals surface area contributed by atoms with E-state index in [1.165, 1.54) is 9.80 Å². The van der Waals surface area contributed by atoms with E-state index in [0.717, 1.165) is 37.1 Å². The summed E-state index contributed by atoms with van der Waals surface area (Å²) in [6, 6.07) is 20.2. The standard InChI is InChI=1S/C26H36BN3O6.C25H33N3O5/c1-27(33)28-14-7-10-20(18-12-13-21(34-4)23(17-18)35-5)30-25(31)19-9-6-11-22(24(19)26(30)32)36-16-8-15-29(2)3;1-27(2)14-7-15-33-21-10-5-8-18-23(21)25(30)28(24(18)29)19(9-6-13-26)17-11-12-20(31-3)22(16-17)32-4/h6,9,11-13,17,20,28,33H,7-8,10,14-16H2,1-5H3;5,8,10-12,16,19H,6-7,9,13-15,26H2,1-4H3/t20-;19-/m11/s1. The van der Waals surface area contributed by atoms with Crippen LogP contribution in [-0.2, 0) is 0 Å². The van der Waals surface area contributed by atoms with E-state index in [4.69, 9.17) is 34.2 Å². The number of amides is 4. The van der Waals surface area contributed by atoms with Crippen LogP contribution in [0, 0.1) is 0 Å². The Morgan fingerprint density at radius 2 is 1.00 bits per heavy atom. The Morgan fingerprint density at radius 1 is 0.580 bits per heavy atom. The van der Waals surface area contributed by atoms with Crippen LogP contribution in [-0.4, -0.2) is 151 Å². The number of ether oxygens (including phenoxy) is 6. The van der Waals surface area contributed by atoms with Gasteiger partial charge in [0.05, 0.1) is 76.0 Å². The van der Waals surface area contributed by atoms with Gasteiger partial charge in [0.2, 0.25) is 0 Å². The molecule has 2 aliphatic rings. The Hall–Kier alpha value is -6.18. The van der Waals surface area contributed by atoms with Gasteiger partial charge in [-0.15, -0.1) is 0 Å². The highest BCUT2D eigenvalue weighted by Gasteiger charge is 2.44. The number of nitrogens with zero attached hydrogens (tertiary/aromatic N) is 4. The first-order chi connectivity index (χ1) is 33.2. The second-order valence-corrected chi connectivity index (χ2v) is 17.3. The van der Waals surface area contributed by atoms with E-state index in [1.807, 2.05) is 46.4 Å². The molecule has 4 aromatic rings. The van der Waals surface area contributed by atoms with Gasteiger partial charge in [0.1, 0.15) is 11.5 Å². The molecular weight excluding hydrogens is 883 g/mol. The van der Waals surface area contributed by atoms with E-state index >= 15 is 0 Å². The highest BCUT2D eigenvalue weighted by atomic mass is 16.5. The van der Waals surface area contributed by atoms with Gasteiger partial charge in [0, 0.05) is 13.1 Å². The van der Waals surface area contributed by atoms with E-state index < -0.39 is 19.1 Å². The third kappa shape index (κ3) is 13.3. The quantitative estimate of drug-likeness (QED) is 0.0379. The van der Waals surface area contributed by atoms with Crippen LogP contribution in [0.25, 0.3) is 0 Å². The van der Waals surface area contributed by atoms with Gasteiger partial charge in [-0.05, 0) is 146 Å². The molecule has 6 rings (SSSR count). The van der Waals surface area contributed by atoms with Crippen molar-refractivity contribution in [3.05, 3.63) is 106 Å². The third-order valence-corrected chi connectivity index (χ3v) is 11.8. The summed E-state index contributed by atoms with van der Waals surface area (Å²) in [5.41, 5.74) is 8.64. The number of hydrogen-bond acceptors (Lipinski definition) is 15. The smallest absolute Gasteiger partial charge is 0.373 e. The normalized spacial score (nSPS) is 13.8. The van der Waals surface area contributed by atoms with Gasteiger partial charge in [0.15, 0.2) is 23.0 Å². The van der Waals surface area contributed by atoms with Crippen LogP contribution in [0.3, 0.4) is 0 Å². The summed E-state index contributed by atoms with van der Waals surface area (Å²) in [5, 5.41) is 12.5. The second-order valence-electron chi connectivity index (χ2n) is 17.3. The summed E-state index contributed by atoms with van der Waals surface area (Å²) in [7, 11) is 13.6. The lowest BCUT2D eigenvalue weighted by molar-refractivity contribution is 0.0555. The number of rotatable bonds is 26. The number of imide groups is 2. The van der Waals surface area contributed by atoms with Crippen LogP contribution in [0.2, 0.25) is 6.82 Å². The molecule has 0 aromatic heterocycles. The van der Waals surface area contributed by atoms with Crippen molar-refractivity contribution >= 4 is 30.7 Å². The summed E-state index contributed by atoms with van der Waals surface area (Å²) >= 11 is 0. The molecule has 17 nitrogen and oxygen atoms in total. The highest BCUT2D eigenvalue weighted by Crippen LogP contribution is 2.42. The molecular formula is C51H69BN6O11. The minimum Gasteiger partial charge on any atom is -0.493 e. The number of benzene rings is 4. The highest BCUT2D eigenvalue weighted by molar-refractivity contribution is 6.45. The van der Waals surface area contributed by atoms with Crippen LogP contribution in [0.4, 0.5) is 0 Å². The third-order valence-electron chi connectivity index (χ3n) is 11.8. The molecule has 4 amide bonds. The molecule has 0 radical (unpaired) electrons. The molecule has 0 bridgehead atoms. The number of hydrogen-bond donors (Lipinski definition) is 3. The van der Waals surface area contributed by atoms with Crippen LogP contribution >= 0.6 is 0 Å². The van der Waals surface area contributed by atoms with Crippen molar-refractivity contribution in [1.29, 1.82) is 0 Å². The average Bonchev–Trinajstić information content (AvgIpc) is 3.75. The molecule has 4 aromatic carbocycles. The van der Waals surface area contributed by atoms with Gasteiger partial charge in [-0.25, -0.2) is 0 Å². The molecule has 0 spiro atoms. The van der Waals surface area contributed by atoms with Gasteiger partial charge >= 0.3 is 7.05 Å². The predicted octanol–water partition coefficient (Wildman–Crippen LogP) is 5.96. The fourth-order valence-electron chi connectivity index (χ4n) is 8.40. The summed E-state index contributed by atoms with van der Waals surface area (Å²) < 4.78 is 33.5. The fraction of sp³-hybridized carbons (Fsp3) is 0.451. The maximum absolute atomic E-state index is 13.7. The molecule has 372 valence electrons. The van der Waals surface area contributed by atoms with E-state index in [0.29, 0.717) is 109 Å². The van der Waals surface area contributed by atoms with Crippen molar-refractivity contribution in [3.63, 3.8) is 0 Å². The van der Waals surface area contributed by atoms with E-state index in [1.54, 1.807) is 89.9 Å². The van der Waals surface area contributed by atoms with Gasteiger partial charge in [0.25, 0.3) is 23.6 Å². The molecule has 4 N–H and O–H groups in total. The van der Waals surface area contributed by atoms with Crippen LogP contribution < -0.4 is 39.4 Å². The van der Waals surface area contributed by atoms with Crippen LogP contribution in [0.5, 0.6) is 34.5 Å². The Labute approximate surface area is 406 Å². The lowest BCUT2D eigenvalue weighted by Gasteiger charge is -2.27. The van der Waals surface area contributed by atoms with Crippen LogP contribution in [0.1, 0.15) is 103 Å². The van der Waals surface area contributed by atoms with Crippen molar-refractivity contribution in [2.75, 3.05) is 96.0 Å². The Morgan fingerprint density at radius 3 is 1.38 bits per heavy atom. The van der Waals surface area contributed by atoms with Gasteiger partial charge < -0.3 is 54.2 Å². The molecule has 0 unspecified atom stereocenters. The number of nitrogens with two attached hydrogens (primary N) is 1. The van der Waals surface area contributed by atoms with Crippen molar-refractivity contribution in [2.24, 2.45) is 5.73 Å². The van der Waals surface area contributed by atoms with E-state index in [9.17, 15) is 24.2 Å². The summed E-state index contributed by atoms with van der Waals surface area (Å²) in [6.07, 6.45) is 3.93. The predicted molar refractivity (Wildman–Crippen MR) is 265 cm³/mol. The van der Waals surface area contributed by atoms with Crippen molar-refractivity contribution in [1.82, 2.24) is 24.8 Å². The zero-order chi connectivity index (χ0) is 50.2. The number of carbonyl (C=O) groups is 4. The number of methoxy groups -OCH3 is 4. The zero-order valence-electron chi connectivity index (χ0n) is 41.5. The monoisotopic (exact) mass is 953 g/mol. The lowest BCUT2D eigenvalue weighted by atomic mass is 9.88. The Kier molecular flexibility index (Phi) is 20.2. The average molecular weight is 953 g/mol. The molecule has 0 saturated heterocycles. The largest absolute Gasteiger partial charge is 0.493 e. The first-order valence-electron chi connectivity index (χ1n) is 23.3. The molecule has 0 aliphatic carbocycles. The topological polar surface area (TPSA) is 195 Å². The first-order valence-corrected chi connectivity index (χ1v) is 23.3. The number of carbonyl (C=O) groups excluding carboxylic acids is 4. The van der Waals surface area contributed by atoms with Crippen LogP contribution in [0.15, 0.2) is 72.8 Å². The van der Waals surface area contributed by atoms with Crippen molar-refractivity contribution in [3.8, 4) is 34.5 Å². The number of fused-ring (bicyclic) bond motifs is 2. The minimum absolute atomic E-state index is 0.305. The van der Waals surface area contributed by atoms with Gasteiger partial charge in [-0.3, -0.25) is 29.0 Å². The zero-order valence-corrected chi connectivity index (χ0v) is 41.5. The molecule has 0 fully saturated rings. The van der Waals surface area contributed by atoms with Crippen molar-refractivity contribution < 1.29 is 52.6 Å². The maximum Gasteiger partial charge on any atom is 0.373 e. The van der Waals surface area contributed by atoms with E-state index in [-0.39, 0.29) is 23.6 Å². The summed E-state index contributed by atoms with van der Waals surface area (Å²) in [6.45, 7) is 5.26.